The summed E-state index contributed by atoms with van der Waals surface area (Å²) in [5, 5.41) is 2.84. The van der Waals surface area contributed by atoms with Crippen molar-refractivity contribution >= 4 is 17.9 Å². The molecular formula is C22H22N2O4. The van der Waals surface area contributed by atoms with Crippen LogP contribution < -0.4 is 5.32 Å². The van der Waals surface area contributed by atoms with Crippen LogP contribution in [0.15, 0.2) is 60.7 Å². The molecule has 1 N–H and O–H groups in total. The van der Waals surface area contributed by atoms with Crippen LogP contribution in [0.3, 0.4) is 0 Å². The van der Waals surface area contributed by atoms with E-state index in [9.17, 15) is 14.4 Å². The predicted octanol–water partition coefficient (Wildman–Crippen LogP) is 2.99. The maximum Gasteiger partial charge on any atom is 0.418 e. The molecule has 1 aliphatic heterocycles. The fraction of sp³-hybridized carbons (Fsp3) is 0.318. The Labute approximate surface area is 163 Å². The van der Waals surface area contributed by atoms with Gasteiger partial charge >= 0.3 is 6.09 Å². The van der Waals surface area contributed by atoms with Crippen molar-refractivity contribution < 1.29 is 19.1 Å². The van der Waals surface area contributed by atoms with E-state index in [1.165, 1.54) is 0 Å². The van der Waals surface area contributed by atoms with Crippen LogP contribution in [0.25, 0.3) is 0 Å². The van der Waals surface area contributed by atoms with Crippen molar-refractivity contribution in [1.82, 2.24) is 10.2 Å². The maximum absolute atomic E-state index is 13.4. The van der Waals surface area contributed by atoms with Gasteiger partial charge in [-0.15, -0.1) is 0 Å². The smallest absolute Gasteiger partial charge is 0.418 e. The number of rotatable bonds is 6. The third-order valence-electron chi connectivity index (χ3n) is 5.27. The molecule has 3 amide bonds. The van der Waals surface area contributed by atoms with E-state index in [0.717, 1.165) is 28.9 Å². The van der Waals surface area contributed by atoms with Gasteiger partial charge in [0.15, 0.2) is 0 Å². The SMILES string of the molecule is C[C@H](c1ccccc1)N1C(=O)O[C@](Cc2ccccc2)(C(=O)NC2CC2)C1=O. The lowest BCUT2D eigenvalue weighted by Crippen LogP contribution is -2.55. The second-order valence-electron chi connectivity index (χ2n) is 7.37. The standard InChI is InChI=1S/C22H22N2O4/c1-15(17-10-6-3-7-11-17)24-20(26)22(28-21(24)27,19(25)23-18-12-13-18)14-16-8-4-2-5-9-16/h2-11,15,18H,12-14H2,1H3,(H,23,25)/t15-,22-/m1/s1. The predicted molar refractivity (Wildman–Crippen MR) is 102 cm³/mol. The van der Waals surface area contributed by atoms with Gasteiger partial charge in [0, 0.05) is 12.5 Å². The Kier molecular flexibility index (Phi) is 4.63. The molecule has 0 bridgehead atoms. The summed E-state index contributed by atoms with van der Waals surface area (Å²) in [5.41, 5.74) is -0.320. The lowest BCUT2D eigenvalue weighted by molar-refractivity contribution is -0.150. The molecule has 1 saturated carbocycles. The zero-order chi connectivity index (χ0) is 19.7. The highest BCUT2D eigenvalue weighted by atomic mass is 16.6. The highest BCUT2D eigenvalue weighted by Crippen LogP contribution is 2.35. The Morgan fingerprint density at radius 3 is 2.32 bits per heavy atom. The molecule has 0 radical (unpaired) electrons. The fourth-order valence-electron chi connectivity index (χ4n) is 3.48. The van der Waals surface area contributed by atoms with Crippen molar-refractivity contribution in [3.8, 4) is 0 Å². The van der Waals surface area contributed by atoms with E-state index in [1.807, 2.05) is 60.7 Å². The number of carbonyl (C=O) groups excluding carboxylic acids is 3. The summed E-state index contributed by atoms with van der Waals surface area (Å²) in [7, 11) is 0. The highest BCUT2D eigenvalue weighted by molar-refractivity contribution is 6.17. The van der Waals surface area contributed by atoms with Gasteiger partial charge in [0.2, 0.25) is 0 Å². The molecule has 1 aliphatic carbocycles. The van der Waals surface area contributed by atoms with Crippen molar-refractivity contribution in [3.63, 3.8) is 0 Å². The topological polar surface area (TPSA) is 75.7 Å². The van der Waals surface area contributed by atoms with Gasteiger partial charge in [0.1, 0.15) is 0 Å². The van der Waals surface area contributed by atoms with E-state index in [2.05, 4.69) is 5.32 Å². The molecule has 144 valence electrons. The van der Waals surface area contributed by atoms with Gasteiger partial charge in [-0.1, -0.05) is 60.7 Å². The molecule has 2 aromatic carbocycles. The summed E-state index contributed by atoms with van der Waals surface area (Å²) >= 11 is 0. The van der Waals surface area contributed by atoms with Crippen LogP contribution in [-0.4, -0.2) is 34.5 Å². The summed E-state index contributed by atoms with van der Waals surface area (Å²) in [6, 6.07) is 17.9. The first-order valence-electron chi connectivity index (χ1n) is 9.48. The van der Waals surface area contributed by atoms with E-state index >= 15 is 0 Å². The molecule has 6 nitrogen and oxygen atoms in total. The van der Waals surface area contributed by atoms with Gasteiger partial charge in [-0.05, 0) is 30.9 Å². The molecule has 2 aliphatic rings. The van der Waals surface area contributed by atoms with Gasteiger partial charge in [0.25, 0.3) is 17.4 Å². The molecule has 6 heteroatoms. The first-order chi connectivity index (χ1) is 13.5. The van der Waals surface area contributed by atoms with Crippen LogP contribution in [0.4, 0.5) is 4.79 Å². The highest BCUT2D eigenvalue weighted by Gasteiger charge is 2.61. The molecular weight excluding hydrogens is 356 g/mol. The lowest BCUT2D eigenvalue weighted by atomic mass is 9.91. The largest absolute Gasteiger partial charge is 0.422 e. The van der Waals surface area contributed by atoms with Gasteiger partial charge < -0.3 is 10.1 Å². The molecule has 4 rings (SSSR count). The van der Waals surface area contributed by atoms with Crippen LogP contribution in [-0.2, 0) is 20.7 Å². The van der Waals surface area contributed by atoms with Gasteiger partial charge in [-0.3, -0.25) is 9.59 Å². The van der Waals surface area contributed by atoms with Crippen LogP contribution in [0.2, 0.25) is 0 Å². The fourth-order valence-corrected chi connectivity index (χ4v) is 3.48. The Hall–Kier alpha value is -3.15. The molecule has 28 heavy (non-hydrogen) atoms. The monoisotopic (exact) mass is 378 g/mol. The number of imide groups is 1. The van der Waals surface area contributed by atoms with Crippen LogP contribution in [0, 0.1) is 0 Å². The lowest BCUT2D eigenvalue weighted by Gasteiger charge is -2.25. The Balaban J connectivity index is 1.68. The first kappa shape index (κ1) is 18.2. The zero-order valence-corrected chi connectivity index (χ0v) is 15.6. The van der Waals surface area contributed by atoms with Gasteiger partial charge in [0.05, 0.1) is 6.04 Å². The Morgan fingerprint density at radius 1 is 1.11 bits per heavy atom. The third kappa shape index (κ3) is 3.26. The van der Waals surface area contributed by atoms with E-state index in [1.54, 1.807) is 6.92 Å². The van der Waals surface area contributed by atoms with Crippen molar-refractivity contribution in [2.45, 2.75) is 43.9 Å². The van der Waals surface area contributed by atoms with E-state index in [-0.39, 0.29) is 12.5 Å². The zero-order valence-electron chi connectivity index (χ0n) is 15.6. The molecule has 0 aromatic heterocycles. The molecule has 2 fully saturated rings. The minimum atomic E-state index is -1.87. The molecule has 0 unspecified atom stereocenters. The Morgan fingerprint density at radius 2 is 1.71 bits per heavy atom. The quantitative estimate of drug-likeness (QED) is 0.784. The number of hydrogen-bond acceptors (Lipinski definition) is 4. The van der Waals surface area contributed by atoms with Gasteiger partial charge in [-0.2, -0.15) is 0 Å². The number of carbonyl (C=O) groups is 3. The average molecular weight is 378 g/mol. The van der Waals surface area contributed by atoms with E-state index < -0.39 is 29.6 Å². The second-order valence-corrected chi connectivity index (χ2v) is 7.37. The normalized spacial score (nSPS) is 22.7. The van der Waals surface area contributed by atoms with Crippen LogP contribution in [0.5, 0.6) is 0 Å². The summed E-state index contributed by atoms with van der Waals surface area (Å²) in [4.78, 5) is 40.2. The van der Waals surface area contributed by atoms with Crippen LogP contribution in [0.1, 0.15) is 36.9 Å². The average Bonchev–Trinajstić information content (AvgIpc) is 3.48. The molecule has 1 heterocycles. The molecule has 2 atom stereocenters. The van der Waals surface area contributed by atoms with Crippen LogP contribution >= 0.6 is 0 Å². The molecule has 2 aromatic rings. The van der Waals surface area contributed by atoms with Gasteiger partial charge in [-0.25, -0.2) is 9.69 Å². The third-order valence-corrected chi connectivity index (χ3v) is 5.27. The first-order valence-corrected chi connectivity index (χ1v) is 9.48. The minimum Gasteiger partial charge on any atom is -0.422 e. The number of hydrogen-bond donors (Lipinski definition) is 1. The van der Waals surface area contributed by atoms with Crippen molar-refractivity contribution in [1.29, 1.82) is 0 Å². The van der Waals surface area contributed by atoms with Crippen molar-refractivity contribution in [2.24, 2.45) is 0 Å². The second kappa shape index (κ2) is 7.11. The Bertz CT molecular complexity index is 895. The van der Waals surface area contributed by atoms with E-state index in [0.29, 0.717) is 0 Å². The van der Waals surface area contributed by atoms with E-state index in [4.69, 9.17) is 4.74 Å². The summed E-state index contributed by atoms with van der Waals surface area (Å²) < 4.78 is 5.54. The molecule has 1 saturated heterocycles. The number of benzene rings is 2. The minimum absolute atomic E-state index is 0.00891. The number of ether oxygens (including phenoxy) is 1. The number of cyclic esters (lactones) is 1. The number of amides is 3. The molecule has 0 spiro atoms. The number of nitrogens with zero attached hydrogens (tertiary/aromatic N) is 1. The number of nitrogens with one attached hydrogen (secondary N) is 1. The summed E-state index contributed by atoms with van der Waals surface area (Å²) in [5.74, 6) is -1.16. The van der Waals surface area contributed by atoms with Crippen molar-refractivity contribution in [2.75, 3.05) is 0 Å². The summed E-state index contributed by atoms with van der Waals surface area (Å²) in [6.45, 7) is 1.76. The maximum atomic E-state index is 13.4. The van der Waals surface area contributed by atoms with Crippen molar-refractivity contribution in [3.05, 3.63) is 71.8 Å². The summed E-state index contributed by atoms with van der Waals surface area (Å²) in [6.07, 6.45) is 0.969.